The summed E-state index contributed by atoms with van der Waals surface area (Å²) >= 11 is 0. The summed E-state index contributed by atoms with van der Waals surface area (Å²) in [5.41, 5.74) is 3.09. The van der Waals surface area contributed by atoms with Gasteiger partial charge in [-0.1, -0.05) is 26.0 Å². The number of nitrogens with zero attached hydrogens (tertiary/aromatic N) is 2. The molecule has 0 fully saturated rings. The Bertz CT molecular complexity index is 623. The van der Waals surface area contributed by atoms with Gasteiger partial charge in [-0.2, -0.15) is 0 Å². The summed E-state index contributed by atoms with van der Waals surface area (Å²) in [5.74, 6) is 0.829. The number of fused-ring (bicyclic) bond motifs is 1. The number of aryl methyl sites for hydroxylation is 1. The number of ether oxygens (including phenoxy) is 1. The van der Waals surface area contributed by atoms with E-state index in [9.17, 15) is 0 Å². The normalized spacial score (nSPS) is 11.2. The number of anilines is 1. The van der Waals surface area contributed by atoms with Crippen molar-refractivity contribution in [1.82, 2.24) is 9.88 Å². The molecule has 1 aromatic heterocycles. The Hall–Kier alpha value is -1.81. The number of aromatic nitrogens is 1. The summed E-state index contributed by atoms with van der Waals surface area (Å²) in [7, 11) is 1.69. The maximum atomic E-state index is 5.44. The number of rotatable bonds is 9. The summed E-state index contributed by atoms with van der Waals surface area (Å²) in [6.07, 6.45) is 2.39. The lowest BCUT2D eigenvalue weighted by atomic mass is 10.1. The summed E-state index contributed by atoms with van der Waals surface area (Å²) in [6.45, 7) is 10.9. The van der Waals surface area contributed by atoms with Gasteiger partial charge in [0.05, 0.1) is 7.11 Å². The van der Waals surface area contributed by atoms with Crippen LogP contribution < -0.4 is 10.1 Å². The van der Waals surface area contributed by atoms with Gasteiger partial charge >= 0.3 is 0 Å². The highest BCUT2D eigenvalue weighted by Crippen LogP contribution is 2.29. The van der Waals surface area contributed by atoms with Crippen LogP contribution in [0.25, 0.3) is 10.9 Å². The van der Waals surface area contributed by atoms with Crippen molar-refractivity contribution in [3.63, 3.8) is 0 Å². The van der Waals surface area contributed by atoms with E-state index in [0.717, 1.165) is 47.7 Å². The van der Waals surface area contributed by atoms with Gasteiger partial charge in [-0.25, -0.2) is 4.98 Å². The van der Waals surface area contributed by atoms with E-state index in [2.05, 4.69) is 41.2 Å². The molecule has 0 unspecified atom stereocenters. The molecular weight excluding hydrogens is 286 g/mol. The lowest BCUT2D eigenvalue weighted by Crippen LogP contribution is -2.24. The maximum absolute atomic E-state index is 5.44. The molecule has 1 aromatic carbocycles. The van der Waals surface area contributed by atoms with E-state index in [1.165, 1.54) is 19.4 Å². The standard InChI is InChI=1S/C19H29N3O/c1-5-22(6-2)13-8-7-12-20-17-14-15(3)21-19-16(17)10-9-11-18(19)23-4/h9-11,14H,5-8,12-13H2,1-4H3,(H,20,21). The largest absolute Gasteiger partial charge is 0.494 e. The van der Waals surface area contributed by atoms with Crippen molar-refractivity contribution in [3.05, 3.63) is 30.0 Å². The van der Waals surface area contributed by atoms with Crippen molar-refractivity contribution in [1.29, 1.82) is 0 Å². The fourth-order valence-corrected chi connectivity index (χ4v) is 2.88. The van der Waals surface area contributed by atoms with Crippen LogP contribution in [-0.4, -0.2) is 43.2 Å². The van der Waals surface area contributed by atoms with Crippen LogP contribution in [-0.2, 0) is 0 Å². The average Bonchev–Trinajstić information content (AvgIpc) is 2.57. The molecular formula is C19H29N3O. The van der Waals surface area contributed by atoms with E-state index < -0.39 is 0 Å². The smallest absolute Gasteiger partial charge is 0.145 e. The third-order valence-corrected chi connectivity index (χ3v) is 4.26. The Morgan fingerprint density at radius 1 is 1.17 bits per heavy atom. The summed E-state index contributed by atoms with van der Waals surface area (Å²) in [6, 6.07) is 8.20. The number of methoxy groups -OCH3 is 1. The van der Waals surface area contributed by atoms with Crippen LogP contribution in [0.2, 0.25) is 0 Å². The third-order valence-electron chi connectivity index (χ3n) is 4.26. The van der Waals surface area contributed by atoms with Crippen LogP contribution in [0.4, 0.5) is 5.69 Å². The Balaban J connectivity index is 2.00. The van der Waals surface area contributed by atoms with E-state index in [0.29, 0.717) is 0 Å². The first-order valence-electron chi connectivity index (χ1n) is 8.60. The Kier molecular flexibility index (Phi) is 6.66. The molecule has 1 N–H and O–H groups in total. The zero-order valence-corrected chi connectivity index (χ0v) is 14.9. The summed E-state index contributed by atoms with van der Waals surface area (Å²) < 4.78 is 5.44. The second-order valence-electron chi connectivity index (χ2n) is 5.83. The monoisotopic (exact) mass is 315 g/mol. The van der Waals surface area contributed by atoms with E-state index >= 15 is 0 Å². The molecule has 2 aromatic rings. The van der Waals surface area contributed by atoms with Gasteiger partial charge in [-0.15, -0.1) is 0 Å². The molecule has 126 valence electrons. The molecule has 0 spiro atoms. The predicted octanol–water partition coefficient (Wildman–Crippen LogP) is 4.09. The van der Waals surface area contributed by atoms with E-state index in [1.54, 1.807) is 7.11 Å². The lowest BCUT2D eigenvalue weighted by Gasteiger charge is -2.18. The first-order valence-corrected chi connectivity index (χ1v) is 8.60. The van der Waals surface area contributed by atoms with Crippen LogP contribution in [0.1, 0.15) is 32.4 Å². The van der Waals surface area contributed by atoms with Crippen molar-refractivity contribution in [2.75, 3.05) is 38.6 Å². The molecule has 0 aliphatic carbocycles. The maximum Gasteiger partial charge on any atom is 0.145 e. The number of nitrogens with one attached hydrogen (secondary N) is 1. The van der Waals surface area contributed by atoms with E-state index in [-0.39, 0.29) is 0 Å². The molecule has 0 radical (unpaired) electrons. The first-order chi connectivity index (χ1) is 11.2. The van der Waals surface area contributed by atoms with Gasteiger partial charge in [0.1, 0.15) is 11.3 Å². The minimum Gasteiger partial charge on any atom is -0.494 e. The Morgan fingerprint density at radius 3 is 2.65 bits per heavy atom. The number of para-hydroxylation sites is 1. The molecule has 0 aliphatic heterocycles. The van der Waals surface area contributed by atoms with Crippen molar-refractivity contribution in [3.8, 4) is 5.75 Å². The highest BCUT2D eigenvalue weighted by atomic mass is 16.5. The molecule has 0 aliphatic rings. The molecule has 0 saturated carbocycles. The van der Waals surface area contributed by atoms with Crippen molar-refractivity contribution < 1.29 is 4.74 Å². The molecule has 0 bridgehead atoms. The molecule has 0 amide bonds. The lowest BCUT2D eigenvalue weighted by molar-refractivity contribution is 0.298. The van der Waals surface area contributed by atoms with Crippen molar-refractivity contribution in [2.45, 2.75) is 33.6 Å². The number of unbranched alkanes of at least 4 members (excludes halogenated alkanes) is 1. The Labute approximate surface area is 139 Å². The third kappa shape index (κ3) is 4.58. The highest BCUT2D eigenvalue weighted by Gasteiger charge is 2.08. The van der Waals surface area contributed by atoms with Crippen molar-refractivity contribution >= 4 is 16.6 Å². The average molecular weight is 315 g/mol. The zero-order chi connectivity index (χ0) is 16.7. The fourth-order valence-electron chi connectivity index (χ4n) is 2.88. The van der Waals surface area contributed by atoms with Crippen LogP contribution >= 0.6 is 0 Å². The second-order valence-corrected chi connectivity index (χ2v) is 5.83. The molecule has 23 heavy (non-hydrogen) atoms. The van der Waals surface area contributed by atoms with Gasteiger partial charge in [0.15, 0.2) is 0 Å². The van der Waals surface area contributed by atoms with E-state index in [4.69, 9.17) is 4.74 Å². The van der Waals surface area contributed by atoms with Crippen LogP contribution in [0, 0.1) is 6.92 Å². The van der Waals surface area contributed by atoms with Gasteiger partial charge in [-0.05, 0) is 51.5 Å². The molecule has 4 heteroatoms. The van der Waals surface area contributed by atoms with Gasteiger partial charge in [0.25, 0.3) is 0 Å². The fraction of sp³-hybridized carbons (Fsp3) is 0.526. The SMILES string of the molecule is CCN(CC)CCCCNc1cc(C)nc2c(OC)cccc12. The second kappa shape index (κ2) is 8.73. The molecule has 2 rings (SSSR count). The van der Waals surface area contributed by atoms with E-state index in [1.807, 2.05) is 19.1 Å². The molecule has 0 saturated heterocycles. The number of hydrogen-bond acceptors (Lipinski definition) is 4. The van der Waals surface area contributed by atoms with Crippen LogP contribution in [0.15, 0.2) is 24.3 Å². The molecule has 1 heterocycles. The summed E-state index contributed by atoms with van der Waals surface area (Å²) in [5, 5.41) is 4.70. The number of hydrogen-bond donors (Lipinski definition) is 1. The van der Waals surface area contributed by atoms with Gasteiger partial charge < -0.3 is 15.0 Å². The van der Waals surface area contributed by atoms with Gasteiger partial charge in [0, 0.05) is 23.3 Å². The van der Waals surface area contributed by atoms with Crippen LogP contribution in [0.3, 0.4) is 0 Å². The number of benzene rings is 1. The van der Waals surface area contributed by atoms with Gasteiger partial charge in [0.2, 0.25) is 0 Å². The van der Waals surface area contributed by atoms with Crippen LogP contribution in [0.5, 0.6) is 5.75 Å². The summed E-state index contributed by atoms with van der Waals surface area (Å²) in [4.78, 5) is 7.09. The molecule has 0 atom stereocenters. The van der Waals surface area contributed by atoms with Gasteiger partial charge in [-0.3, -0.25) is 0 Å². The predicted molar refractivity (Wildman–Crippen MR) is 98.5 cm³/mol. The minimum absolute atomic E-state index is 0.829. The van der Waals surface area contributed by atoms with Crippen molar-refractivity contribution in [2.24, 2.45) is 0 Å². The zero-order valence-electron chi connectivity index (χ0n) is 14.9. The number of pyridine rings is 1. The minimum atomic E-state index is 0.829. The first kappa shape index (κ1) is 17.5. The highest BCUT2D eigenvalue weighted by molar-refractivity contribution is 5.95. The molecule has 4 nitrogen and oxygen atoms in total. The quantitative estimate of drug-likeness (QED) is 0.707. The topological polar surface area (TPSA) is 37.4 Å². The Morgan fingerprint density at radius 2 is 1.96 bits per heavy atom.